The van der Waals surface area contributed by atoms with Gasteiger partial charge in [0, 0.05) is 43.1 Å². The summed E-state index contributed by atoms with van der Waals surface area (Å²) < 4.78 is 34.5. The fourth-order valence-electron chi connectivity index (χ4n) is 9.77. The summed E-state index contributed by atoms with van der Waals surface area (Å²) in [6, 6.07) is 15.8. The number of carbonyl (C=O) groups excluding carboxylic acids is 3. The summed E-state index contributed by atoms with van der Waals surface area (Å²) in [5, 5.41) is 9.88. The smallest absolute Gasteiger partial charge is 0.255 e. The van der Waals surface area contributed by atoms with Crippen LogP contribution in [0.5, 0.6) is 34.5 Å². The number of ether oxygens (including phenoxy) is 6. The van der Waals surface area contributed by atoms with Crippen LogP contribution in [0.25, 0.3) is 22.3 Å². The first kappa shape index (κ1) is 42.1. The van der Waals surface area contributed by atoms with Gasteiger partial charge in [-0.05, 0) is 92.5 Å². The summed E-state index contributed by atoms with van der Waals surface area (Å²) in [7, 11) is 4.82. The van der Waals surface area contributed by atoms with Crippen molar-refractivity contribution in [3.05, 3.63) is 83.8 Å². The predicted octanol–water partition coefficient (Wildman–Crippen LogP) is 6.55. The lowest BCUT2D eigenvalue weighted by Gasteiger charge is -2.43. The van der Waals surface area contributed by atoms with Crippen molar-refractivity contribution in [2.75, 3.05) is 47.8 Å². The van der Waals surface area contributed by atoms with Gasteiger partial charge in [-0.25, -0.2) is 15.0 Å². The van der Waals surface area contributed by atoms with Gasteiger partial charge in [0.15, 0.2) is 23.0 Å². The van der Waals surface area contributed by atoms with Gasteiger partial charge in [-0.3, -0.25) is 14.4 Å². The Bertz CT molecular complexity index is 2640. The van der Waals surface area contributed by atoms with Crippen LogP contribution in [0.4, 0.5) is 0 Å². The van der Waals surface area contributed by atoms with Crippen LogP contribution in [0.3, 0.4) is 0 Å². The lowest BCUT2D eigenvalue weighted by Crippen LogP contribution is -2.55. The molecule has 16 nitrogen and oxygen atoms in total. The lowest BCUT2D eigenvalue weighted by atomic mass is 9.73. The third-order valence-corrected chi connectivity index (χ3v) is 13.5. The minimum absolute atomic E-state index is 0.0240. The molecule has 2 aromatic heterocycles. The quantitative estimate of drug-likeness (QED) is 0.124. The number of likely N-dealkylation sites (tertiary alicyclic amines) is 1. The van der Waals surface area contributed by atoms with E-state index in [1.165, 1.54) is 6.33 Å². The molecule has 10 rings (SSSR count). The highest BCUT2D eigenvalue weighted by atomic mass is 16.7. The normalized spacial score (nSPS) is 19.9. The third-order valence-electron chi connectivity index (χ3n) is 13.5. The molecule has 2 N–H and O–H groups in total. The van der Waals surface area contributed by atoms with Crippen LogP contribution in [-0.4, -0.2) is 108 Å². The number of rotatable bonds is 14. The maximum Gasteiger partial charge on any atom is 0.255 e. The molecule has 3 amide bonds. The van der Waals surface area contributed by atoms with E-state index in [0.29, 0.717) is 95.2 Å². The van der Waals surface area contributed by atoms with E-state index in [2.05, 4.69) is 20.3 Å². The Morgan fingerprint density at radius 2 is 1.63 bits per heavy atom. The summed E-state index contributed by atoms with van der Waals surface area (Å²) in [6.45, 7) is 1.42. The second-order valence-electron chi connectivity index (χ2n) is 17.4. The van der Waals surface area contributed by atoms with Gasteiger partial charge in [-0.15, -0.1) is 0 Å². The van der Waals surface area contributed by atoms with E-state index in [1.54, 1.807) is 37.4 Å². The van der Waals surface area contributed by atoms with Crippen molar-refractivity contribution in [3.63, 3.8) is 0 Å². The number of methoxy groups -OCH3 is 3. The van der Waals surface area contributed by atoms with Crippen molar-refractivity contribution in [3.8, 4) is 45.8 Å². The molecule has 2 saturated carbocycles. The number of fused-ring (bicyclic) bond motifs is 3. The molecular weight excluding hydrogens is 831 g/mol. The number of nitrogens with zero attached hydrogens (tertiary/aromatic N) is 5. The van der Waals surface area contributed by atoms with E-state index in [9.17, 15) is 14.4 Å². The Balaban J connectivity index is 0.898. The molecule has 3 atom stereocenters. The maximum absolute atomic E-state index is 14.7. The van der Waals surface area contributed by atoms with Gasteiger partial charge in [0.2, 0.25) is 18.6 Å². The zero-order chi connectivity index (χ0) is 44.6. The molecule has 3 aliphatic heterocycles. The molecule has 3 fully saturated rings. The van der Waals surface area contributed by atoms with Crippen LogP contribution in [-0.2, 0) is 16.0 Å². The summed E-state index contributed by atoms with van der Waals surface area (Å²) in [6.07, 6.45) is 10.3. The molecule has 1 saturated heterocycles. The number of aromatic amines is 1. The van der Waals surface area contributed by atoms with Gasteiger partial charge in [0.1, 0.15) is 35.1 Å². The molecule has 0 unspecified atom stereocenters. The van der Waals surface area contributed by atoms with Crippen molar-refractivity contribution < 1.29 is 42.8 Å². The molecule has 5 aliphatic rings. The number of nitrogens with one attached hydrogen (secondary N) is 2. The number of benzene rings is 3. The summed E-state index contributed by atoms with van der Waals surface area (Å²) in [5.74, 6) is 3.36. The average molecular weight is 884 g/mol. The van der Waals surface area contributed by atoms with Gasteiger partial charge in [0.05, 0.1) is 56.3 Å². The standard InChI is InChI=1S/C49H53N7O9/c1-60-32-13-10-28(11-14-32)22-36(53-47(57)35-24-50-45-43(35)51-26-52-44(45)41-38(63-25-29-8-9-29)16-17-39-46(41)65-27-64-39)49(59)55-20-18-31(19-21-55)56-48(58)34-7-5-4-6-33(34)42(54-56)30-12-15-37(61-2)40(23-30)62-3/h10-17,23-24,26,29,31,33-34,36,50H,4-9,18-22,25,27H2,1-3H3,(H,53,57)/t33-,34+,36+/m0/s1. The first-order chi connectivity index (χ1) is 31.8. The number of carbonyl (C=O) groups is 3. The van der Waals surface area contributed by atoms with Crippen LogP contribution in [0.1, 0.15) is 72.9 Å². The number of aromatic nitrogens is 3. The lowest BCUT2D eigenvalue weighted by molar-refractivity contribution is -0.143. The van der Waals surface area contributed by atoms with Crippen molar-refractivity contribution in [1.29, 1.82) is 0 Å². The van der Waals surface area contributed by atoms with Crippen LogP contribution in [0.2, 0.25) is 0 Å². The maximum atomic E-state index is 14.7. The molecule has 2 aliphatic carbocycles. The van der Waals surface area contributed by atoms with E-state index in [1.807, 2.05) is 54.6 Å². The highest BCUT2D eigenvalue weighted by Gasteiger charge is 2.44. The Morgan fingerprint density at radius 1 is 0.862 bits per heavy atom. The number of hydrogen-bond acceptors (Lipinski definition) is 12. The van der Waals surface area contributed by atoms with Crippen LogP contribution in [0.15, 0.2) is 72.2 Å². The zero-order valence-electron chi connectivity index (χ0n) is 36.8. The summed E-state index contributed by atoms with van der Waals surface area (Å²) in [4.78, 5) is 57.5. The average Bonchev–Trinajstić information content (AvgIpc) is 3.87. The Morgan fingerprint density at radius 3 is 2.38 bits per heavy atom. The Hall–Kier alpha value is -6.84. The van der Waals surface area contributed by atoms with Crippen molar-refractivity contribution in [2.24, 2.45) is 22.9 Å². The first-order valence-electron chi connectivity index (χ1n) is 22.6. The highest BCUT2D eigenvalue weighted by molar-refractivity contribution is 6.09. The molecule has 5 heterocycles. The molecular formula is C49H53N7O9. The summed E-state index contributed by atoms with van der Waals surface area (Å²) in [5.41, 5.74) is 4.92. The minimum atomic E-state index is -0.918. The number of hydrogen-bond donors (Lipinski definition) is 2. The molecule has 5 aromatic rings. The monoisotopic (exact) mass is 883 g/mol. The molecule has 65 heavy (non-hydrogen) atoms. The molecule has 338 valence electrons. The van der Waals surface area contributed by atoms with Crippen LogP contribution in [0, 0.1) is 17.8 Å². The number of amides is 3. The van der Waals surface area contributed by atoms with Gasteiger partial charge in [-0.1, -0.05) is 25.0 Å². The molecule has 3 aromatic carbocycles. The minimum Gasteiger partial charge on any atom is -0.497 e. The van der Waals surface area contributed by atoms with Gasteiger partial charge in [-0.2, -0.15) is 5.10 Å². The van der Waals surface area contributed by atoms with Crippen LogP contribution < -0.4 is 33.7 Å². The van der Waals surface area contributed by atoms with E-state index >= 15 is 0 Å². The van der Waals surface area contributed by atoms with Crippen molar-refractivity contribution in [2.45, 2.75) is 69.9 Å². The number of H-pyrrole nitrogens is 1. The summed E-state index contributed by atoms with van der Waals surface area (Å²) >= 11 is 0. The first-order valence-corrected chi connectivity index (χ1v) is 22.6. The van der Waals surface area contributed by atoms with Gasteiger partial charge >= 0.3 is 0 Å². The second-order valence-corrected chi connectivity index (χ2v) is 17.4. The Labute approximate surface area is 376 Å². The van der Waals surface area contributed by atoms with Crippen molar-refractivity contribution in [1.82, 2.24) is 30.2 Å². The van der Waals surface area contributed by atoms with Crippen molar-refractivity contribution >= 4 is 34.5 Å². The SMILES string of the molecule is COc1ccc(C[C@@H](NC(=O)c2c[nH]c3c(-c4c(OCC5CC5)ccc5c4OCO5)ncnc23)C(=O)N2CCC(N3N=C(c4ccc(OC)c(OC)c4)[C@H]4CCCC[C@H]4C3=O)CC2)cc1. The predicted molar refractivity (Wildman–Crippen MR) is 240 cm³/mol. The third kappa shape index (κ3) is 8.25. The number of piperidine rings is 1. The largest absolute Gasteiger partial charge is 0.497 e. The van der Waals surface area contributed by atoms with E-state index in [0.717, 1.165) is 55.4 Å². The van der Waals surface area contributed by atoms with E-state index < -0.39 is 11.9 Å². The molecule has 0 bridgehead atoms. The highest BCUT2D eigenvalue weighted by Crippen LogP contribution is 2.48. The topological polar surface area (TPSA) is 179 Å². The molecule has 16 heteroatoms. The van der Waals surface area contributed by atoms with E-state index in [4.69, 9.17) is 33.5 Å². The van der Waals surface area contributed by atoms with Gasteiger partial charge in [0.25, 0.3) is 5.91 Å². The fourth-order valence-corrected chi connectivity index (χ4v) is 9.77. The molecule has 0 spiro atoms. The van der Waals surface area contributed by atoms with Crippen LogP contribution >= 0.6 is 0 Å². The fraction of sp³-hybridized carbons (Fsp3) is 0.429. The van der Waals surface area contributed by atoms with E-state index in [-0.39, 0.29) is 48.5 Å². The van der Waals surface area contributed by atoms with Gasteiger partial charge < -0.3 is 43.6 Å². The Kier molecular flexibility index (Phi) is 11.6. The second kappa shape index (κ2) is 18.0. The zero-order valence-corrected chi connectivity index (χ0v) is 36.8. The number of hydrazone groups is 1. The molecule has 0 radical (unpaired) electrons.